The third kappa shape index (κ3) is 4.41. The molecule has 1 atom stereocenters. The number of amides is 1. The van der Waals surface area contributed by atoms with Crippen molar-refractivity contribution in [3.8, 4) is 5.88 Å². The van der Waals surface area contributed by atoms with E-state index < -0.39 is 0 Å². The Hall–Kier alpha value is -3.30. The topological polar surface area (TPSA) is 112 Å². The van der Waals surface area contributed by atoms with Crippen molar-refractivity contribution in [3.05, 3.63) is 47.5 Å². The zero-order valence-electron chi connectivity index (χ0n) is 16.5. The maximum Gasteiger partial charge on any atom is 0.232 e. The van der Waals surface area contributed by atoms with E-state index in [1.54, 1.807) is 18.6 Å². The lowest BCUT2D eigenvalue weighted by atomic mass is 10.1. The standard InChI is InChI=1S/C19H23N7O3/c1-13-17(14(2)29-23-13)3-4-19(27)25-8-5-16(11-25)26-10-15(22-24-26)12-28-18-9-20-6-7-21-18/h6-7,9-10,16H,3-5,8,11-12H2,1-2H3. The summed E-state index contributed by atoms with van der Waals surface area (Å²) >= 11 is 0. The van der Waals surface area contributed by atoms with Gasteiger partial charge in [-0.2, -0.15) is 0 Å². The maximum atomic E-state index is 12.6. The highest BCUT2D eigenvalue weighted by atomic mass is 16.5. The molecule has 1 aliphatic heterocycles. The number of rotatable bonds is 7. The second-order valence-corrected chi connectivity index (χ2v) is 7.11. The van der Waals surface area contributed by atoms with Gasteiger partial charge in [0.1, 0.15) is 18.1 Å². The molecule has 10 nitrogen and oxygen atoms in total. The Morgan fingerprint density at radius 2 is 2.24 bits per heavy atom. The molecule has 0 saturated carbocycles. The molecule has 0 radical (unpaired) electrons. The molecule has 4 rings (SSSR count). The van der Waals surface area contributed by atoms with Crippen molar-refractivity contribution in [1.82, 2.24) is 35.0 Å². The van der Waals surface area contributed by atoms with Crippen LogP contribution in [0.4, 0.5) is 0 Å². The van der Waals surface area contributed by atoms with Crippen LogP contribution in [0.5, 0.6) is 5.88 Å². The average molecular weight is 397 g/mol. The van der Waals surface area contributed by atoms with Crippen LogP contribution < -0.4 is 4.74 Å². The first-order valence-corrected chi connectivity index (χ1v) is 9.59. The smallest absolute Gasteiger partial charge is 0.232 e. The van der Waals surface area contributed by atoms with E-state index in [9.17, 15) is 4.79 Å². The fourth-order valence-electron chi connectivity index (χ4n) is 3.50. The van der Waals surface area contributed by atoms with Gasteiger partial charge in [0.05, 0.1) is 24.1 Å². The number of aryl methyl sites for hydroxylation is 2. The van der Waals surface area contributed by atoms with Crippen molar-refractivity contribution in [2.75, 3.05) is 13.1 Å². The molecule has 3 aromatic heterocycles. The summed E-state index contributed by atoms with van der Waals surface area (Å²) in [6.07, 6.45) is 8.52. The fraction of sp³-hybridized carbons (Fsp3) is 0.474. The van der Waals surface area contributed by atoms with Gasteiger partial charge in [-0.15, -0.1) is 5.10 Å². The van der Waals surface area contributed by atoms with Crippen LogP contribution in [0.25, 0.3) is 0 Å². The fourth-order valence-corrected chi connectivity index (χ4v) is 3.50. The first-order chi connectivity index (χ1) is 14.1. The maximum absolute atomic E-state index is 12.6. The van der Waals surface area contributed by atoms with Gasteiger partial charge >= 0.3 is 0 Å². The number of carbonyl (C=O) groups is 1. The van der Waals surface area contributed by atoms with Crippen LogP contribution in [-0.2, 0) is 17.8 Å². The van der Waals surface area contributed by atoms with Gasteiger partial charge < -0.3 is 14.2 Å². The zero-order chi connectivity index (χ0) is 20.2. The van der Waals surface area contributed by atoms with Crippen LogP contribution >= 0.6 is 0 Å². The van der Waals surface area contributed by atoms with Crippen LogP contribution in [0.3, 0.4) is 0 Å². The quantitative estimate of drug-likeness (QED) is 0.592. The summed E-state index contributed by atoms with van der Waals surface area (Å²) in [5.74, 6) is 1.37. The Morgan fingerprint density at radius 1 is 1.34 bits per heavy atom. The van der Waals surface area contributed by atoms with Crippen molar-refractivity contribution < 1.29 is 14.1 Å². The van der Waals surface area contributed by atoms with Crippen LogP contribution in [0, 0.1) is 13.8 Å². The average Bonchev–Trinajstić information content (AvgIpc) is 3.46. The van der Waals surface area contributed by atoms with Crippen LogP contribution in [0.2, 0.25) is 0 Å². The monoisotopic (exact) mass is 397 g/mol. The molecule has 1 aliphatic rings. The molecule has 4 heterocycles. The van der Waals surface area contributed by atoms with E-state index in [1.165, 1.54) is 0 Å². The highest BCUT2D eigenvalue weighted by Gasteiger charge is 2.28. The van der Waals surface area contributed by atoms with Gasteiger partial charge in [-0.25, -0.2) is 9.67 Å². The molecule has 0 aliphatic carbocycles. The highest BCUT2D eigenvalue weighted by molar-refractivity contribution is 5.76. The van der Waals surface area contributed by atoms with Gasteiger partial charge in [-0.3, -0.25) is 9.78 Å². The van der Waals surface area contributed by atoms with E-state index in [2.05, 4.69) is 25.4 Å². The summed E-state index contributed by atoms with van der Waals surface area (Å²) in [6.45, 7) is 5.40. The molecule has 0 spiro atoms. The molecule has 0 N–H and O–H groups in total. The number of carbonyl (C=O) groups excluding carboxylic acids is 1. The number of likely N-dealkylation sites (tertiary alicyclic amines) is 1. The minimum atomic E-state index is 0.121. The number of hydrogen-bond acceptors (Lipinski definition) is 8. The molecule has 152 valence electrons. The largest absolute Gasteiger partial charge is 0.470 e. The number of aromatic nitrogens is 6. The van der Waals surface area contributed by atoms with Gasteiger partial charge in [-0.05, 0) is 26.7 Å². The highest BCUT2D eigenvalue weighted by Crippen LogP contribution is 2.23. The zero-order valence-corrected chi connectivity index (χ0v) is 16.5. The lowest BCUT2D eigenvalue weighted by molar-refractivity contribution is -0.130. The van der Waals surface area contributed by atoms with Crippen molar-refractivity contribution >= 4 is 5.91 Å². The second-order valence-electron chi connectivity index (χ2n) is 7.11. The van der Waals surface area contributed by atoms with E-state index in [0.29, 0.717) is 31.0 Å². The summed E-state index contributed by atoms with van der Waals surface area (Å²) < 4.78 is 12.5. The van der Waals surface area contributed by atoms with Crippen LogP contribution in [-0.4, -0.2) is 54.0 Å². The Kier molecular flexibility index (Phi) is 5.50. The van der Waals surface area contributed by atoms with Gasteiger partial charge in [0.2, 0.25) is 11.8 Å². The third-order valence-corrected chi connectivity index (χ3v) is 5.13. The lowest BCUT2D eigenvalue weighted by Crippen LogP contribution is -2.29. The Balaban J connectivity index is 1.28. The van der Waals surface area contributed by atoms with E-state index >= 15 is 0 Å². The van der Waals surface area contributed by atoms with Crippen LogP contribution in [0.15, 0.2) is 29.3 Å². The molecule has 29 heavy (non-hydrogen) atoms. The van der Waals surface area contributed by atoms with Gasteiger partial charge in [0.15, 0.2) is 0 Å². The molecule has 1 unspecified atom stereocenters. The summed E-state index contributed by atoms with van der Waals surface area (Å²) in [7, 11) is 0. The summed E-state index contributed by atoms with van der Waals surface area (Å²) in [5.41, 5.74) is 2.59. The minimum Gasteiger partial charge on any atom is -0.470 e. The molecule has 10 heteroatoms. The number of hydrogen-bond donors (Lipinski definition) is 0. The van der Waals surface area contributed by atoms with Gasteiger partial charge in [-0.1, -0.05) is 10.4 Å². The molecular formula is C19H23N7O3. The molecule has 1 fully saturated rings. The number of nitrogens with zero attached hydrogens (tertiary/aromatic N) is 7. The predicted octanol–water partition coefficient (Wildman–Crippen LogP) is 1.66. The Bertz CT molecular complexity index is 950. The van der Waals surface area contributed by atoms with E-state index in [4.69, 9.17) is 9.26 Å². The van der Waals surface area contributed by atoms with E-state index in [0.717, 1.165) is 30.0 Å². The van der Waals surface area contributed by atoms with Crippen molar-refractivity contribution in [1.29, 1.82) is 0 Å². The first kappa shape index (κ1) is 19.0. The summed E-state index contributed by atoms with van der Waals surface area (Å²) in [5, 5.41) is 12.3. The minimum absolute atomic E-state index is 0.121. The van der Waals surface area contributed by atoms with E-state index in [1.807, 2.05) is 29.6 Å². The molecule has 3 aromatic rings. The molecule has 1 saturated heterocycles. The Labute approximate surface area is 167 Å². The summed E-state index contributed by atoms with van der Waals surface area (Å²) in [6, 6.07) is 0.121. The molecule has 1 amide bonds. The Morgan fingerprint density at radius 3 is 3.00 bits per heavy atom. The first-order valence-electron chi connectivity index (χ1n) is 9.59. The SMILES string of the molecule is Cc1noc(C)c1CCC(=O)N1CCC(n2cc(COc3cnccn3)nn2)C1. The normalized spacial score (nSPS) is 16.3. The van der Waals surface area contributed by atoms with E-state index in [-0.39, 0.29) is 18.6 Å². The number of ether oxygens (including phenoxy) is 1. The van der Waals surface area contributed by atoms with Crippen molar-refractivity contribution in [2.24, 2.45) is 0 Å². The predicted molar refractivity (Wildman–Crippen MR) is 101 cm³/mol. The second kappa shape index (κ2) is 8.38. The van der Waals surface area contributed by atoms with Crippen molar-refractivity contribution in [2.45, 2.75) is 45.8 Å². The van der Waals surface area contributed by atoms with Crippen LogP contribution in [0.1, 0.15) is 41.6 Å². The summed E-state index contributed by atoms with van der Waals surface area (Å²) in [4.78, 5) is 22.5. The molecular weight excluding hydrogens is 374 g/mol. The van der Waals surface area contributed by atoms with Gasteiger partial charge in [0.25, 0.3) is 0 Å². The van der Waals surface area contributed by atoms with Gasteiger partial charge in [0, 0.05) is 37.5 Å². The van der Waals surface area contributed by atoms with Crippen molar-refractivity contribution in [3.63, 3.8) is 0 Å². The molecule has 0 aromatic carbocycles. The molecule has 0 bridgehead atoms. The third-order valence-electron chi connectivity index (χ3n) is 5.13. The lowest BCUT2D eigenvalue weighted by Gasteiger charge is -2.16.